The molecule has 0 saturated heterocycles. The lowest BCUT2D eigenvalue weighted by molar-refractivity contribution is 0.482. The summed E-state index contributed by atoms with van der Waals surface area (Å²) < 4.78 is 0. The Labute approximate surface area is 172 Å². The van der Waals surface area contributed by atoms with E-state index in [9.17, 15) is 9.90 Å². The van der Waals surface area contributed by atoms with Crippen molar-refractivity contribution in [1.29, 1.82) is 0 Å². The number of benzene rings is 3. The largest absolute Gasteiger partial charge is 0.507 e. The monoisotopic (exact) mass is 391 g/mol. The molecule has 30 heavy (non-hydrogen) atoms. The minimum absolute atomic E-state index is 0.183. The standard InChI is InChI=1S/C25H17N3O2/c29-23-12-4-8-16-7-3-11-20(24(16)23)27-15-22-18-9-2-1-6-17(18)14-21(28-22)19-10-5-13-26-25(19)30/h1-15,29H,(H,26,30). The van der Waals surface area contributed by atoms with Crippen molar-refractivity contribution in [3.8, 4) is 17.0 Å². The van der Waals surface area contributed by atoms with Gasteiger partial charge in [0, 0.05) is 17.0 Å². The summed E-state index contributed by atoms with van der Waals surface area (Å²) in [5, 5.41) is 13.8. The van der Waals surface area contributed by atoms with Crippen molar-refractivity contribution in [2.24, 2.45) is 4.99 Å². The first-order chi connectivity index (χ1) is 14.7. The Morgan fingerprint density at radius 2 is 1.70 bits per heavy atom. The van der Waals surface area contributed by atoms with Crippen molar-refractivity contribution in [1.82, 2.24) is 9.97 Å². The number of phenolic OH excluding ortho intramolecular Hbond substituents is 1. The van der Waals surface area contributed by atoms with Crippen LogP contribution in [-0.2, 0) is 0 Å². The van der Waals surface area contributed by atoms with Crippen LogP contribution in [0.15, 0.2) is 94.8 Å². The molecule has 3 aromatic carbocycles. The maximum absolute atomic E-state index is 12.3. The third-order valence-corrected chi connectivity index (χ3v) is 5.05. The van der Waals surface area contributed by atoms with Gasteiger partial charge in [0.1, 0.15) is 5.75 Å². The molecule has 0 spiro atoms. The zero-order valence-corrected chi connectivity index (χ0v) is 15.9. The minimum Gasteiger partial charge on any atom is -0.507 e. The van der Waals surface area contributed by atoms with Gasteiger partial charge in [-0.3, -0.25) is 9.79 Å². The molecule has 0 radical (unpaired) electrons. The highest BCUT2D eigenvalue weighted by Crippen LogP contribution is 2.33. The predicted octanol–water partition coefficient (Wildman–Crippen LogP) is 5.20. The van der Waals surface area contributed by atoms with Crippen LogP contribution >= 0.6 is 0 Å². The number of fused-ring (bicyclic) bond motifs is 2. The Morgan fingerprint density at radius 1 is 0.900 bits per heavy atom. The summed E-state index contributed by atoms with van der Waals surface area (Å²) in [6.07, 6.45) is 3.28. The molecular weight excluding hydrogens is 374 g/mol. The van der Waals surface area contributed by atoms with Gasteiger partial charge in [-0.2, -0.15) is 0 Å². The van der Waals surface area contributed by atoms with Crippen LogP contribution in [0.3, 0.4) is 0 Å². The van der Waals surface area contributed by atoms with E-state index in [1.807, 2.05) is 54.6 Å². The molecule has 2 heterocycles. The number of hydrogen-bond donors (Lipinski definition) is 2. The highest BCUT2D eigenvalue weighted by molar-refractivity contribution is 6.03. The number of hydrogen-bond acceptors (Lipinski definition) is 4. The van der Waals surface area contributed by atoms with Crippen LogP contribution in [0, 0.1) is 0 Å². The number of H-pyrrole nitrogens is 1. The zero-order valence-electron chi connectivity index (χ0n) is 15.9. The first-order valence-electron chi connectivity index (χ1n) is 9.53. The summed E-state index contributed by atoms with van der Waals surface area (Å²) >= 11 is 0. The molecule has 5 heteroatoms. The molecule has 0 aliphatic heterocycles. The lowest BCUT2D eigenvalue weighted by Gasteiger charge is -2.07. The average molecular weight is 391 g/mol. The lowest BCUT2D eigenvalue weighted by atomic mass is 10.1. The van der Waals surface area contributed by atoms with Crippen molar-refractivity contribution in [2.75, 3.05) is 0 Å². The Bertz CT molecular complexity index is 1480. The van der Waals surface area contributed by atoms with E-state index >= 15 is 0 Å². The summed E-state index contributed by atoms with van der Waals surface area (Å²) in [4.78, 5) is 24.3. The minimum atomic E-state index is -0.192. The van der Waals surface area contributed by atoms with Crippen molar-refractivity contribution in [2.45, 2.75) is 0 Å². The van der Waals surface area contributed by atoms with Gasteiger partial charge in [0.25, 0.3) is 5.56 Å². The zero-order chi connectivity index (χ0) is 20.5. The second kappa shape index (κ2) is 7.29. The fraction of sp³-hybridized carbons (Fsp3) is 0. The van der Waals surface area contributed by atoms with Gasteiger partial charge in [-0.25, -0.2) is 4.98 Å². The number of aliphatic imine (C=N–C) groups is 1. The molecule has 5 nitrogen and oxygen atoms in total. The molecule has 0 bridgehead atoms. The number of phenols is 1. The Balaban J connectivity index is 1.70. The second-order valence-electron chi connectivity index (χ2n) is 6.94. The number of nitrogens with zero attached hydrogens (tertiary/aromatic N) is 2. The molecule has 0 saturated carbocycles. The van der Waals surface area contributed by atoms with Gasteiger partial charge in [-0.05, 0) is 41.1 Å². The molecule has 144 valence electrons. The van der Waals surface area contributed by atoms with E-state index < -0.39 is 0 Å². The third kappa shape index (κ3) is 3.12. The third-order valence-electron chi connectivity index (χ3n) is 5.05. The van der Waals surface area contributed by atoms with E-state index in [0.29, 0.717) is 28.0 Å². The van der Waals surface area contributed by atoms with Crippen LogP contribution < -0.4 is 5.56 Å². The molecule has 0 fully saturated rings. The molecule has 0 aliphatic rings. The van der Waals surface area contributed by atoms with Crippen LogP contribution in [-0.4, -0.2) is 21.3 Å². The molecule has 5 aromatic rings. The van der Waals surface area contributed by atoms with Crippen molar-refractivity contribution < 1.29 is 5.11 Å². The van der Waals surface area contributed by atoms with E-state index in [-0.39, 0.29) is 11.3 Å². The van der Waals surface area contributed by atoms with Crippen LogP contribution in [0.4, 0.5) is 5.69 Å². The number of aromatic amines is 1. The smallest absolute Gasteiger partial charge is 0.257 e. The summed E-state index contributed by atoms with van der Waals surface area (Å²) in [7, 11) is 0. The SMILES string of the molecule is O=c1[nH]cccc1-c1cc2ccccc2c(C=Nc2cccc3cccc(O)c23)n1. The molecule has 0 aliphatic carbocycles. The van der Waals surface area contributed by atoms with Crippen LogP contribution in [0.1, 0.15) is 5.69 Å². The molecule has 5 rings (SSSR count). The first kappa shape index (κ1) is 17.8. The van der Waals surface area contributed by atoms with Gasteiger partial charge in [0.15, 0.2) is 0 Å². The van der Waals surface area contributed by atoms with E-state index in [2.05, 4.69) is 9.98 Å². The molecule has 0 atom stereocenters. The van der Waals surface area contributed by atoms with Gasteiger partial charge in [-0.1, -0.05) is 48.5 Å². The first-order valence-corrected chi connectivity index (χ1v) is 9.53. The number of nitrogens with one attached hydrogen (secondary N) is 1. The fourth-order valence-corrected chi connectivity index (χ4v) is 3.63. The number of aromatic nitrogens is 2. The average Bonchev–Trinajstić information content (AvgIpc) is 2.77. The Morgan fingerprint density at radius 3 is 2.57 bits per heavy atom. The van der Waals surface area contributed by atoms with E-state index in [4.69, 9.17) is 4.98 Å². The molecule has 0 amide bonds. The summed E-state index contributed by atoms with van der Waals surface area (Å²) in [6.45, 7) is 0. The highest BCUT2D eigenvalue weighted by atomic mass is 16.3. The van der Waals surface area contributed by atoms with Crippen LogP contribution in [0.25, 0.3) is 32.8 Å². The van der Waals surface area contributed by atoms with E-state index in [1.165, 1.54) is 0 Å². The summed E-state index contributed by atoms with van der Waals surface area (Å²) in [5.41, 5.74) is 2.19. The van der Waals surface area contributed by atoms with Gasteiger partial charge in [-0.15, -0.1) is 0 Å². The van der Waals surface area contributed by atoms with Crippen LogP contribution in [0.2, 0.25) is 0 Å². The molecule has 2 N–H and O–H groups in total. The van der Waals surface area contributed by atoms with Gasteiger partial charge >= 0.3 is 0 Å². The predicted molar refractivity (Wildman–Crippen MR) is 121 cm³/mol. The fourth-order valence-electron chi connectivity index (χ4n) is 3.63. The topological polar surface area (TPSA) is 78.3 Å². The lowest BCUT2D eigenvalue weighted by Crippen LogP contribution is -2.08. The second-order valence-corrected chi connectivity index (χ2v) is 6.94. The maximum atomic E-state index is 12.3. The molecule has 0 unspecified atom stereocenters. The summed E-state index contributed by atoms with van der Waals surface area (Å²) in [6, 6.07) is 24.4. The molecule has 2 aromatic heterocycles. The van der Waals surface area contributed by atoms with Crippen molar-refractivity contribution in [3.05, 3.63) is 101 Å². The number of pyridine rings is 2. The van der Waals surface area contributed by atoms with Crippen molar-refractivity contribution >= 4 is 33.4 Å². The Hall–Kier alpha value is -4.25. The normalized spacial score (nSPS) is 11.5. The van der Waals surface area contributed by atoms with E-state index in [1.54, 1.807) is 36.7 Å². The van der Waals surface area contributed by atoms with Gasteiger partial charge < -0.3 is 10.1 Å². The quantitative estimate of drug-likeness (QED) is 0.415. The Kier molecular flexibility index (Phi) is 4.33. The van der Waals surface area contributed by atoms with Gasteiger partial charge in [0.2, 0.25) is 0 Å². The van der Waals surface area contributed by atoms with Gasteiger partial charge in [0.05, 0.1) is 28.9 Å². The van der Waals surface area contributed by atoms with Crippen LogP contribution in [0.5, 0.6) is 5.75 Å². The maximum Gasteiger partial charge on any atom is 0.257 e. The summed E-state index contributed by atoms with van der Waals surface area (Å²) in [5.74, 6) is 0.183. The highest BCUT2D eigenvalue weighted by Gasteiger charge is 2.10. The van der Waals surface area contributed by atoms with E-state index in [0.717, 1.165) is 16.2 Å². The number of aromatic hydroxyl groups is 1. The number of rotatable bonds is 3. The van der Waals surface area contributed by atoms with Crippen molar-refractivity contribution in [3.63, 3.8) is 0 Å². The molecular formula is C25H17N3O2.